The van der Waals surface area contributed by atoms with E-state index in [0.717, 1.165) is 10.9 Å². The molecule has 258 valence electrons. The maximum Gasteiger partial charge on any atom is 0.0506 e. The first kappa shape index (κ1) is 33.2. The van der Waals surface area contributed by atoms with Gasteiger partial charge in [-0.25, -0.2) is 0 Å². The van der Waals surface area contributed by atoms with Gasteiger partial charge in [0.2, 0.25) is 0 Å². The van der Waals surface area contributed by atoms with E-state index in [0.29, 0.717) is 0 Å². The molecule has 2 heteroatoms. The summed E-state index contributed by atoms with van der Waals surface area (Å²) in [7, 11) is 0. The molecule has 0 N–H and O–H groups in total. The van der Waals surface area contributed by atoms with Crippen molar-refractivity contribution in [3.05, 3.63) is 164 Å². The molecule has 2 aliphatic carbocycles. The van der Waals surface area contributed by atoms with Gasteiger partial charge in [0.1, 0.15) is 0 Å². The average molecular weight is 741 g/mol. The normalized spacial score (nSPS) is 16.6. The van der Waals surface area contributed by atoms with Gasteiger partial charge >= 0.3 is 0 Å². The van der Waals surface area contributed by atoms with Crippen LogP contribution in [0.15, 0.2) is 120 Å². The zero-order chi connectivity index (χ0) is 36.3. The third-order valence-corrected chi connectivity index (χ3v) is 13.1. The number of rotatable bonds is 4. The molecule has 6 aromatic carbocycles. The molecule has 0 saturated carbocycles. The predicted molar refractivity (Wildman–Crippen MR) is 226 cm³/mol. The van der Waals surface area contributed by atoms with Crippen LogP contribution in [0.3, 0.4) is 0 Å². The van der Waals surface area contributed by atoms with Crippen molar-refractivity contribution in [1.82, 2.24) is 0 Å². The fourth-order valence-electron chi connectivity index (χ4n) is 9.65. The van der Waals surface area contributed by atoms with Gasteiger partial charge < -0.3 is 4.90 Å². The maximum absolute atomic E-state index is 3.72. The van der Waals surface area contributed by atoms with E-state index in [1.807, 2.05) is 0 Å². The van der Waals surface area contributed by atoms with Crippen LogP contribution >= 0.6 is 15.9 Å². The molecule has 0 aromatic heterocycles. The zero-order valence-electron chi connectivity index (χ0n) is 31.6. The van der Waals surface area contributed by atoms with E-state index in [-0.39, 0.29) is 16.2 Å². The Morgan fingerprint density at radius 2 is 1.12 bits per heavy atom. The van der Waals surface area contributed by atoms with Gasteiger partial charge in [-0.2, -0.15) is 0 Å². The Labute approximate surface area is 318 Å². The number of anilines is 3. The highest BCUT2D eigenvalue weighted by molar-refractivity contribution is 9.10. The molecule has 0 saturated heterocycles. The summed E-state index contributed by atoms with van der Waals surface area (Å²) in [4.78, 5) is 2.52. The number of benzene rings is 6. The van der Waals surface area contributed by atoms with Gasteiger partial charge in [-0.15, -0.1) is 0 Å². The molecule has 0 radical (unpaired) electrons. The predicted octanol–water partition coefficient (Wildman–Crippen LogP) is 14.4. The van der Waals surface area contributed by atoms with Crippen molar-refractivity contribution in [2.75, 3.05) is 4.90 Å². The van der Waals surface area contributed by atoms with Gasteiger partial charge in [0.25, 0.3) is 0 Å². The van der Waals surface area contributed by atoms with Crippen molar-refractivity contribution < 1.29 is 0 Å². The third kappa shape index (κ3) is 4.59. The largest absolute Gasteiger partial charge is 0.310 e. The number of aryl methyl sites for hydroxylation is 1. The van der Waals surface area contributed by atoms with Crippen LogP contribution in [-0.4, -0.2) is 0 Å². The first-order valence-corrected chi connectivity index (χ1v) is 19.6. The van der Waals surface area contributed by atoms with Crippen molar-refractivity contribution >= 4 is 39.1 Å². The Morgan fingerprint density at radius 1 is 0.538 bits per heavy atom. The van der Waals surface area contributed by atoms with Crippen LogP contribution in [-0.2, 0) is 22.7 Å². The summed E-state index contributed by atoms with van der Waals surface area (Å²) in [6.07, 6.45) is 5.42. The minimum absolute atomic E-state index is 0.0591. The number of halogens is 1. The standard InChI is InChI=1S/C50H46BrN/c1-9-13-31-24-35(20-16-30(31)10-2)52-46-15-12-11-14-40(46)48(3,4)45-28-39-38-22-18-33(26-42(38)50(7,8)44(39)29-47(45)52)32-17-21-36-37-23-19-34(51)27-43(37)49(5,6)41(36)25-32/h9,11-29H,10H2,1-8H3/b13-9-. The molecule has 3 aliphatic rings. The lowest BCUT2D eigenvalue weighted by atomic mass is 9.71. The summed E-state index contributed by atoms with van der Waals surface area (Å²) >= 11 is 3.72. The van der Waals surface area contributed by atoms with Gasteiger partial charge in [-0.05, 0) is 146 Å². The molecule has 6 aromatic rings. The molecular formula is C50H46BrN. The van der Waals surface area contributed by atoms with E-state index in [2.05, 4.69) is 198 Å². The lowest BCUT2D eigenvalue weighted by molar-refractivity contribution is 0.627. The number of para-hydroxylation sites is 1. The summed E-state index contributed by atoms with van der Waals surface area (Å²) < 4.78 is 1.14. The molecule has 0 atom stereocenters. The smallest absolute Gasteiger partial charge is 0.0506 e. The van der Waals surface area contributed by atoms with Crippen LogP contribution in [0.2, 0.25) is 0 Å². The van der Waals surface area contributed by atoms with Crippen LogP contribution in [0.25, 0.3) is 39.5 Å². The second kappa shape index (κ2) is 11.4. The average Bonchev–Trinajstić information content (AvgIpc) is 3.49. The number of nitrogens with zero attached hydrogens (tertiary/aromatic N) is 1. The van der Waals surface area contributed by atoms with E-state index in [9.17, 15) is 0 Å². The highest BCUT2D eigenvalue weighted by Crippen LogP contribution is 2.58. The van der Waals surface area contributed by atoms with Crippen LogP contribution in [0.4, 0.5) is 17.1 Å². The molecule has 0 bridgehead atoms. The maximum atomic E-state index is 3.72. The minimum Gasteiger partial charge on any atom is -0.310 e. The van der Waals surface area contributed by atoms with Crippen molar-refractivity contribution in [3.8, 4) is 33.4 Å². The lowest BCUT2D eigenvalue weighted by Crippen LogP contribution is -2.31. The quantitative estimate of drug-likeness (QED) is 0.174. The lowest BCUT2D eigenvalue weighted by Gasteiger charge is -2.43. The molecule has 1 nitrogen and oxygen atoms in total. The Kier molecular flexibility index (Phi) is 7.29. The molecule has 52 heavy (non-hydrogen) atoms. The first-order valence-electron chi connectivity index (χ1n) is 18.8. The minimum atomic E-state index is -0.164. The first-order chi connectivity index (χ1) is 24.9. The fourth-order valence-corrected chi connectivity index (χ4v) is 10.0. The number of allylic oxidation sites excluding steroid dienone is 1. The highest BCUT2D eigenvalue weighted by atomic mass is 79.9. The van der Waals surface area contributed by atoms with E-state index < -0.39 is 0 Å². The van der Waals surface area contributed by atoms with Crippen LogP contribution < -0.4 is 4.90 Å². The Bertz CT molecular complexity index is 2510. The van der Waals surface area contributed by atoms with Crippen molar-refractivity contribution in [3.63, 3.8) is 0 Å². The van der Waals surface area contributed by atoms with Crippen LogP contribution in [0, 0.1) is 0 Å². The number of hydrogen-bond acceptors (Lipinski definition) is 1. The van der Waals surface area contributed by atoms with Crippen molar-refractivity contribution in [2.24, 2.45) is 0 Å². The molecule has 0 unspecified atom stereocenters. The summed E-state index contributed by atoms with van der Waals surface area (Å²) in [5.74, 6) is 0. The van der Waals surface area contributed by atoms with E-state index in [1.165, 1.54) is 95.0 Å². The van der Waals surface area contributed by atoms with E-state index >= 15 is 0 Å². The summed E-state index contributed by atoms with van der Waals surface area (Å²) in [6.45, 7) is 18.7. The topological polar surface area (TPSA) is 3.24 Å². The molecule has 9 rings (SSSR count). The van der Waals surface area contributed by atoms with Crippen LogP contribution in [0.1, 0.15) is 99.9 Å². The second-order valence-corrected chi connectivity index (χ2v) is 17.5. The number of hydrogen-bond donors (Lipinski definition) is 0. The monoisotopic (exact) mass is 739 g/mol. The summed E-state index contributed by atoms with van der Waals surface area (Å²) in [5, 5.41) is 0. The molecule has 1 aliphatic heterocycles. The Morgan fingerprint density at radius 3 is 1.77 bits per heavy atom. The summed E-state index contributed by atoms with van der Waals surface area (Å²) in [6, 6.07) is 42.1. The molecule has 0 amide bonds. The molecule has 0 spiro atoms. The molecule has 0 fully saturated rings. The molecule has 1 heterocycles. The highest BCUT2D eigenvalue weighted by Gasteiger charge is 2.43. The summed E-state index contributed by atoms with van der Waals surface area (Å²) in [5.41, 5.74) is 22.3. The van der Waals surface area contributed by atoms with Crippen molar-refractivity contribution in [2.45, 2.75) is 78.1 Å². The number of fused-ring (bicyclic) bond motifs is 8. The third-order valence-electron chi connectivity index (χ3n) is 12.6. The Hall–Kier alpha value is -4.66. The fraction of sp³-hybridized carbons (Fsp3) is 0.240. The zero-order valence-corrected chi connectivity index (χ0v) is 33.2. The van der Waals surface area contributed by atoms with Gasteiger partial charge in [0, 0.05) is 26.4 Å². The van der Waals surface area contributed by atoms with Gasteiger partial charge in [-0.3, -0.25) is 0 Å². The second-order valence-electron chi connectivity index (χ2n) is 16.6. The van der Waals surface area contributed by atoms with Gasteiger partial charge in [0.15, 0.2) is 0 Å². The van der Waals surface area contributed by atoms with Crippen molar-refractivity contribution in [1.29, 1.82) is 0 Å². The van der Waals surface area contributed by atoms with E-state index in [1.54, 1.807) is 0 Å². The van der Waals surface area contributed by atoms with Crippen LogP contribution in [0.5, 0.6) is 0 Å². The molecular weight excluding hydrogens is 694 g/mol. The van der Waals surface area contributed by atoms with Gasteiger partial charge in [-0.1, -0.05) is 131 Å². The SMILES string of the molecule is C/C=C\c1cc(N2c3ccccc3C(C)(C)c3cc4c(cc32)C(C)(C)c2cc(-c3ccc5c(c3)C(C)(C)c3cc(Br)ccc3-5)ccc2-4)ccc1CC. The Balaban J connectivity index is 1.19. The van der Waals surface area contributed by atoms with E-state index in [4.69, 9.17) is 0 Å². The van der Waals surface area contributed by atoms with Gasteiger partial charge in [0.05, 0.1) is 11.4 Å².